The summed E-state index contributed by atoms with van der Waals surface area (Å²) in [7, 11) is 0. The highest BCUT2D eigenvalue weighted by atomic mass is 16.3. The van der Waals surface area contributed by atoms with Crippen LogP contribution in [0.1, 0.15) is 19.8 Å². The molecule has 17 heavy (non-hydrogen) atoms. The number of aliphatic hydroxyl groups is 1. The Kier molecular flexibility index (Phi) is 4.14. The Hall–Kier alpha value is -1.36. The van der Waals surface area contributed by atoms with E-state index in [-0.39, 0.29) is 0 Å². The van der Waals surface area contributed by atoms with E-state index < -0.39 is 0 Å². The second-order valence-electron chi connectivity index (χ2n) is 4.41. The lowest BCUT2D eigenvalue weighted by molar-refractivity contribution is 0.203. The first-order valence-electron chi connectivity index (χ1n) is 6.25. The zero-order chi connectivity index (χ0) is 12.1. The first kappa shape index (κ1) is 12.1. The predicted molar refractivity (Wildman–Crippen MR) is 68.2 cm³/mol. The molecule has 1 aliphatic rings. The lowest BCUT2D eigenvalue weighted by Crippen LogP contribution is -2.35. The molecule has 0 aromatic carbocycles. The summed E-state index contributed by atoms with van der Waals surface area (Å²) in [4.78, 5) is 11.0. The molecule has 5 nitrogen and oxygen atoms in total. The number of piperidine rings is 1. The van der Waals surface area contributed by atoms with Crippen LogP contribution in [0.15, 0.2) is 12.4 Å². The monoisotopic (exact) mass is 236 g/mol. The quantitative estimate of drug-likeness (QED) is 0.820. The topological polar surface area (TPSA) is 61.3 Å². The molecule has 1 aromatic heterocycles. The Bertz CT molecular complexity index is 350. The molecule has 0 radical (unpaired) electrons. The van der Waals surface area contributed by atoms with Gasteiger partial charge in [0, 0.05) is 26.2 Å². The number of nitrogens with one attached hydrogen (secondary N) is 1. The Morgan fingerprint density at radius 2 is 2.18 bits per heavy atom. The third-order valence-electron chi connectivity index (χ3n) is 3.18. The van der Waals surface area contributed by atoms with E-state index in [1.165, 1.54) is 0 Å². The zero-order valence-electron chi connectivity index (χ0n) is 10.3. The summed E-state index contributed by atoms with van der Waals surface area (Å²) in [6.07, 6.45) is 5.61. The summed E-state index contributed by atoms with van der Waals surface area (Å²) in [5.41, 5.74) is 0. The molecule has 0 spiro atoms. The second kappa shape index (κ2) is 5.82. The number of hydrogen-bond donors (Lipinski definition) is 2. The highest BCUT2D eigenvalue weighted by Gasteiger charge is 2.19. The van der Waals surface area contributed by atoms with Crippen LogP contribution in [0.3, 0.4) is 0 Å². The van der Waals surface area contributed by atoms with Crippen molar-refractivity contribution in [3.05, 3.63) is 12.4 Å². The first-order valence-corrected chi connectivity index (χ1v) is 6.25. The minimum absolute atomic E-state index is 0.303. The molecule has 1 saturated heterocycles. The van der Waals surface area contributed by atoms with Crippen molar-refractivity contribution in [1.82, 2.24) is 9.97 Å². The van der Waals surface area contributed by atoms with Crippen LogP contribution in [0.2, 0.25) is 0 Å². The first-order chi connectivity index (χ1) is 8.33. The van der Waals surface area contributed by atoms with E-state index in [4.69, 9.17) is 5.11 Å². The largest absolute Gasteiger partial charge is 0.396 e. The summed E-state index contributed by atoms with van der Waals surface area (Å²) in [6.45, 7) is 5.10. The molecule has 1 aliphatic heterocycles. The fourth-order valence-electron chi connectivity index (χ4n) is 2.12. The molecular weight excluding hydrogens is 216 g/mol. The molecular formula is C12H20N4O. The molecule has 2 N–H and O–H groups in total. The van der Waals surface area contributed by atoms with Gasteiger partial charge in [0.1, 0.15) is 11.6 Å². The average Bonchev–Trinajstić information content (AvgIpc) is 2.40. The van der Waals surface area contributed by atoms with Crippen LogP contribution in [0, 0.1) is 5.92 Å². The van der Waals surface area contributed by atoms with E-state index in [0.29, 0.717) is 12.5 Å². The zero-order valence-corrected chi connectivity index (χ0v) is 10.3. The number of hydrogen-bond acceptors (Lipinski definition) is 5. The Morgan fingerprint density at radius 3 is 2.82 bits per heavy atom. The SMILES string of the molecule is CCNc1cncc(N2CCC(CO)CC2)n1. The standard InChI is InChI=1S/C12H20N4O/c1-2-14-11-7-13-8-12(15-11)16-5-3-10(9-17)4-6-16/h7-8,10,17H,2-6,9H2,1H3,(H,14,15). The van der Waals surface area contributed by atoms with E-state index in [9.17, 15) is 0 Å². The van der Waals surface area contributed by atoms with Crippen LogP contribution >= 0.6 is 0 Å². The molecule has 0 atom stereocenters. The van der Waals surface area contributed by atoms with Gasteiger partial charge in [-0.1, -0.05) is 0 Å². The van der Waals surface area contributed by atoms with Gasteiger partial charge in [-0.2, -0.15) is 0 Å². The minimum Gasteiger partial charge on any atom is -0.396 e. The van der Waals surface area contributed by atoms with Crippen LogP contribution in [0.5, 0.6) is 0 Å². The van der Waals surface area contributed by atoms with Gasteiger partial charge in [0.25, 0.3) is 0 Å². The molecule has 0 aliphatic carbocycles. The van der Waals surface area contributed by atoms with Gasteiger partial charge in [-0.25, -0.2) is 4.98 Å². The van der Waals surface area contributed by atoms with Gasteiger partial charge in [0.15, 0.2) is 0 Å². The smallest absolute Gasteiger partial charge is 0.149 e. The normalized spacial score (nSPS) is 17.2. The maximum atomic E-state index is 9.11. The maximum Gasteiger partial charge on any atom is 0.149 e. The lowest BCUT2D eigenvalue weighted by Gasteiger charge is -2.31. The number of anilines is 2. The molecule has 0 unspecified atom stereocenters. The van der Waals surface area contributed by atoms with Gasteiger partial charge in [0.05, 0.1) is 12.4 Å². The molecule has 0 amide bonds. The van der Waals surface area contributed by atoms with Crippen LogP contribution in [0.25, 0.3) is 0 Å². The van der Waals surface area contributed by atoms with Crippen LogP contribution in [0.4, 0.5) is 11.6 Å². The van der Waals surface area contributed by atoms with Gasteiger partial charge in [-0.3, -0.25) is 4.98 Å². The Morgan fingerprint density at radius 1 is 1.41 bits per heavy atom. The van der Waals surface area contributed by atoms with E-state index in [2.05, 4.69) is 20.2 Å². The molecule has 5 heteroatoms. The summed E-state index contributed by atoms with van der Waals surface area (Å²) >= 11 is 0. The summed E-state index contributed by atoms with van der Waals surface area (Å²) < 4.78 is 0. The molecule has 0 saturated carbocycles. The van der Waals surface area contributed by atoms with Gasteiger partial charge < -0.3 is 15.3 Å². The predicted octanol–water partition coefficient (Wildman–Crippen LogP) is 1.12. The Labute approximate surface area is 102 Å². The second-order valence-corrected chi connectivity index (χ2v) is 4.41. The summed E-state index contributed by atoms with van der Waals surface area (Å²) in [5, 5.41) is 12.3. The third-order valence-corrected chi connectivity index (χ3v) is 3.18. The van der Waals surface area contributed by atoms with E-state index >= 15 is 0 Å². The van der Waals surface area contributed by atoms with Crippen molar-refractivity contribution >= 4 is 11.6 Å². The van der Waals surface area contributed by atoms with Crippen molar-refractivity contribution in [3.8, 4) is 0 Å². The number of aromatic nitrogens is 2. The van der Waals surface area contributed by atoms with Crippen molar-refractivity contribution in [2.24, 2.45) is 5.92 Å². The fraction of sp³-hybridized carbons (Fsp3) is 0.667. The average molecular weight is 236 g/mol. The highest BCUT2D eigenvalue weighted by Crippen LogP contribution is 2.21. The van der Waals surface area contributed by atoms with E-state index in [1.807, 2.05) is 6.92 Å². The molecule has 94 valence electrons. The van der Waals surface area contributed by atoms with Gasteiger partial charge >= 0.3 is 0 Å². The molecule has 2 rings (SSSR count). The van der Waals surface area contributed by atoms with E-state index in [1.54, 1.807) is 12.4 Å². The van der Waals surface area contributed by atoms with Crippen molar-refractivity contribution in [2.75, 3.05) is 36.5 Å². The van der Waals surface area contributed by atoms with Crippen molar-refractivity contribution < 1.29 is 5.11 Å². The highest BCUT2D eigenvalue weighted by molar-refractivity contribution is 5.44. The van der Waals surface area contributed by atoms with Gasteiger partial charge in [-0.05, 0) is 25.7 Å². The maximum absolute atomic E-state index is 9.11. The van der Waals surface area contributed by atoms with Crippen molar-refractivity contribution in [1.29, 1.82) is 0 Å². The van der Waals surface area contributed by atoms with Crippen LogP contribution in [-0.4, -0.2) is 41.3 Å². The fourth-order valence-corrected chi connectivity index (χ4v) is 2.12. The minimum atomic E-state index is 0.303. The lowest BCUT2D eigenvalue weighted by atomic mass is 9.98. The molecule has 1 fully saturated rings. The van der Waals surface area contributed by atoms with Crippen molar-refractivity contribution in [3.63, 3.8) is 0 Å². The van der Waals surface area contributed by atoms with E-state index in [0.717, 1.165) is 44.1 Å². The van der Waals surface area contributed by atoms with Crippen molar-refractivity contribution in [2.45, 2.75) is 19.8 Å². The van der Waals surface area contributed by atoms with Gasteiger partial charge in [0.2, 0.25) is 0 Å². The third kappa shape index (κ3) is 3.06. The summed E-state index contributed by atoms with van der Waals surface area (Å²) in [5.74, 6) is 2.21. The number of nitrogens with zero attached hydrogens (tertiary/aromatic N) is 3. The molecule has 2 heterocycles. The van der Waals surface area contributed by atoms with Crippen LogP contribution < -0.4 is 10.2 Å². The summed E-state index contributed by atoms with van der Waals surface area (Å²) in [6, 6.07) is 0. The number of aliphatic hydroxyl groups excluding tert-OH is 1. The Balaban J connectivity index is 2.00. The molecule has 0 bridgehead atoms. The van der Waals surface area contributed by atoms with Crippen LogP contribution in [-0.2, 0) is 0 Å². The number of rotatable bonds is 4. The van der Waals surface area contributed by atoms with Gasteiger partial charge in [-0.15, -0.1) is 0 Å². The molecule has 1 aromatic rings.